The molecule has 0 amide bonds. The van der Waals surface area contributed by atoms with Crippen molar-refractivity contribution in [2.24, 2.45) is 4.99 Å². The first-order valence-electron chi connectivity index (χ1n) is 4.97. The Morgan fingerprint density at radius 2 is 1.81 bits per heavy atom. The van der Waals surface area contributed by atoms with Crippen LogP contribution in [0.25, 0.3) is 0 Å². The zero-order valence-corrected chi connectivity index (χ0v) is 8.96. The number of rotatable bonds is 2. The Bertz CT molecular complexity index is 465. The van der Waals surface area contributed by atoms with Crippen LogP contribution in [0.2, 0.25) is 0 Å². The Balaban J connectivity index is 2.09. The molecular formula is C12H12N4. The summed E-state index contributed by atoms with van der Waals surface area (Å²) in [5.41, 5.74) is 1.75. The molecule has 0 spiro atoms. The van der Waals surface area contributed by atoms with E-state index in [0.717, 1.165) is 17.2 Å². The highest BCUT2D eigenvalue weighted by atomic mass is 15.0. The molecule has 0 bridgehead atoms. The van der Waals surface area contributed by atoms with Gasteiger partial charge in [0.1, 0.15) is 12.2 Å². The average molecular weight is 212 g/mol. The third-order valence-corrected chi connectivity index (χ3v) is 1.94. The highest BCUT2D eigenvalue weighted by Gasteiger charge is 1.94. The van der Waals surface area contributed by atoms with E-state index in [1.807, 2.05) is 37.3 Å². The fourth-order valence-electron chi connectivity index (χ4n) is 1.30. The number of aliphatic imine (C=N–C) groups is 1. The van der Waals surface area contributed by atoms with Crippen molar-refractivity contribution in [3.63, 3.8) is 0 Å². The van der Waals surface area contributed by atoms with Crippen molar-refractivity contribution >= 4 is 17.2 Å². The minimum Gasteiger partial charge on any atom is -0.341 e. The molecule has 2 rings (SSSR count). The summed E-state index contributed by atoms with van der Waals surface area (Å²) < 4.78 is 0. The van der Waals surface area contributed by atoms with E-state index >= 15 is 0 Å². The summed E-state index contributed by atoms with van der Waals surface area (Å²) in [7, 11) is 0. The van der Waals surface area contributed by atoms with E-state index in [2.05, 4.69) is 20.3 Å². The van der Waals surface area contributed by atoms with Gasteiger partial charge >= 0.3 is 0 Å². The Kier molecular flexibility index (Phi) is 3.23. The largest absolute Gasteiger partial charge is 0.341 e. The predicted octanol–water partition coefficient (Wildman–Crippen LogP) is 2.64. The van der Waals surface area contributed by atoms with Crippen molar-refractivity contribution in [2.75, 3.05) is 5.32 Å². The Morgan fingerprint density at radius 1 is 1.12 bits per heavy atom. The minimum absolute atomic E-state index is 0.806. The number of anilines is 1. The summed E-state index contributed by atoms with van der Waals surface area (Å²) in [6.45, 7) is 1.90. The molecule has 4 nitrogen and oxygen atoms in total. The maximum atomic E-state index is 4.40. The molecule has 80 valence electrons. The highest BCUT2D eigenvalue weighted by Crippen LogP contribution is 2.10. The number of hydrogen-bond acceptors (Lipinski definition) is 3. The monoisotopic (exact) mass is 212 g/mol. The number of aromatic nitrogens is 2. The molecule has 0 aliphatic rings. The van der Waals surface area contributed by atoms with Gasteiger partial charge in [-0.15, -0.1) is 0 Å². The molecule has 0 unspecified atom stereocenters. The SMILES string of the molecule is CC(=Nc1ccccc1)Nc1cncnc1. The topological polar surface area (TPSA) is 50.2 Å². The third kappa shape index (κ3) is 2.88. The lowest BCUT2D eigenvalue weighted by molar-refractivity contribution is 1.17. The molecule has 0 aliphatic carbocycles. The lowest BCUT2D eigenvalue weighted by Gasteiger charge is -2.03. The Labute approximate surface area is 94.1 Å². The number of nitrogens with zero attached hydrogens (tertiary/aromatic N) is 3. The van der Waals surface area contributed by atoms with Gasteiger partial charge < -0.3 is 5.32 Å². The van der Waals surface area contributed by atoms with Crippen molar-refractivity contribution in [1.29, 1.82) is 0 Å². The molecule has 1 N–H and O–H groups in total. The number of nitrogens with one attached hydrogen (secondary N) is 1. The second kappa shape index (κ2) is 5.02. The van der Waals surface area contributed by atoms with Crippen LogP contribution < -0.4 is 5.32 Å². The summed E-state index contributed by atoms with van der Waals surface area (Å²) in [6.07, 6.45) is 4.91. The summed E-state index contributed by atoms with van der Waals surface area (Å²) in [5.74, 6) is 0.806. The predicted molar refractivity (Wildman–Crippen MR) is 64.9 cm³/mol. The van der Waals surface area contributed by atoms with Gasteiger partial charge in [0.15, 0.2) is 0 Å². The zero-order valence-electron chi connectivity index (χ0n) is 8.96. The van der Waals surface area contributed by atoms with Crippen molar-refractivity contribution in [3.8, 4) is 0 Å². The highest BCUT2D eigenvalue weighted by molar-refractivity contribution is 5.94. The van der Waals surface area contributed by atoms with Crippen molar-refractivity contribution in [2.45, 2.75) is 6.92 Å². The summed E-state index contributed by atoms with van der Waals surface area (Å²) in [6, 6.07) is 9.78. The summed E-state index contributed by atoms with van der Waals surface area (Å²) >= 11 is 0. The third-order valence-electron chi connectivity index (χ3n) is 1.94. The molecule has 0 saturated carbocycles. The van der Waals surface area contributed by atoms with Crippen LogP contribution >= 0.6 is 0 Å². The first-order valence-corrected chi connectivity index (χ1v) is 4.97. The van der Waals surface area contributed by atoms with E-state index in [9.17, 15) is 0 Å². The van der Waals surface area contributed by atoms with Crippen LogP contribution in [0.5, 0.6) is 0 Å². The van der Waals surface area contributed by atoms with Crippen molar-refractivity contribution < 1.29 is 0 Å². The molecule has 0 radical (unpaired) electrons. The molecule has 16 heavy (non-hydrogen) atoms. The number of para-hydroxylation sites is 1. The van der Waals surface area contributed by atoms with E-state index in [1.165, 1.54) is 6.33 Å². The normalized spacial score (nSPS) is 11.2. The number of hydrogen-bond donors (Lipinski definition) is 1. The maximum absolute atomic E-state index is 4.40. The summed E-state index contributed by atoms with van der Waals surface area (Å²) in [4.78, 5) is 12.2. The average Bonchev–Trinajstić information content (AvgIpc) is 2.31. The fraction of sp³-hybridized carbons (Fsp3) is 0.0833. The van der Waals surface area contributed by atoms with E-state index in [0.29, 0.717) is 0 Å². The van der Waals surface area contributed by atoms with Crippen molar-refractivity contribution in [3.05, 3.63) is 49.1 Å². The standard InChI is InChI=1S/C12H12N4/c1-10(15-11-5-3-2-4-6-11)16-12-7-13-9-14-8-12/h2-9H,1H3,(H,15,16). The van der Waals surface area contributed by atoms with Crippen LogP contribution in [0.15, 0.2) is 54.0 Å². The minimum atomic E-state index is 0.806. The molecule has 2 aromatic rings. The maximum Gasteiger partial charge on any atom is 0.115 e. The molecular weight excluding hydrogens is 200 g/mol. The van der Waals surface area contributed by atoms with E-state index in [1.54, 1.807) is 12.4 Å². The Morgan fingerprint density at radius 3 is 2.50 bits per heavy atom. The Hall–Kier alpha value is -2.23. The van der Waals surface area contributed by atoms with Gasteiger partial charge in [-0.25, -0.2) is 15.0 Å². The quantitative estimate of drug-likeness (QED) is 0.615. The van der Waals surface area contributed by atoms with Gasteiger partial charge in [-0.3, -0.25) is 0 Å². The van der Waals surface area contributed by atoms with E-state index < -0.39 is 0 Å². The number of benzene rings is 1. The van der Waals surface area contributed by atoms with Gasteiger partial charge in [-0.05, 0) is 19.1 Å². The van der Waals surface area contributed by atoms with Crippen LogP contribution in [0.4, 0.5) is 11.4 Å². The zero-order chi connectivity index (χ0) is 11.2. The second-order valence-electron chi connectivity index (χ2n) is 3.28. The first kappa shape index (κ1) is 10.3. The second-order valence-corrected chi connectivity index (χ2v) is 3.28. The van der Waals surface area contributed by atoms with Crippen LogP contribution in [0, 0.1) is 0 Å². The van der Waals surface area contributed by atoms with Crippen LogP contribution in [-0.2, 0) is 0 Å². The van der Waals surface area contributed by atoms with Gasteiger partial charge in [0.25, 0.3) is 0 Å². The van der Waals surface area contributed by atoms with Crippen LogP contribution in [-0.4, -0.2) is 15.8 Å². The lowest BCUT2D eigenvalue weighted by atomic mass is 10.3. The van der Waals surface area contributed by atoms with Crippen LogP contribution in [0.1, 0.15) is 6.92 Å². The van der Waals surface area contributed by atoms with Crippen molar-refractivity contribution in [1.82, 2.24) is 9.97 Å². The smallest absolute Gasteiger partial charge is 0.115 e. The molecule has 4 heteroatoms. The van der Waals surface area contributed by atoms with Gasteiger partial charge in [0, 0.05) is 0 Å². The molecule has 1 aromatic carbocycles. The van der Waals surface area contributed by atoms with Gasteiger partial charge in [-0.2, -0.15) is 0 Å². The first-order chi connectivity index (χ1) is 7.84. The fourth-order valence-corrected chi connectivity index (χ4v) is 1.30. The lowest BCUT2D eigenvalue weighted by Crippen LogP contribution is -2.06. The molecule has 0 atom stereocenters. The van der Waals surface area contributed by atoms with Gasteiger partial charge in [-0.1, -0.05) is 18.2 Å². The van der Waals surface area contributed by atoms with Gasteiger partial charge in [0.05, 0.1) is 23.8 Å². The molecule has 1 aromatic heterocycles. The molecule has 0 fully saturated rings. The molecule has 1 heterocycles. The number of amidine groups is 1. The summed E-state index contributed by atoms with van der Waals surface area (Å²) in [5, 5.41) is 3.12. The van der Waals surface area contributed by atoms with E-state index in [4.69, 9.17) is 0 Å². The van der Waals surface area contributed by atoms with E-state index in [-0.39, 0.29) is 0 Å². The van der Waals surface area contributed by atoms with Crippen LogP contribution in [0.3, 0.4) is 0 Å². The van der Waals surface area contributed by atoms with Gasteiger partial charge in [0.2, 0.25) is 0 Å². The molecule has 0 aliphatic heterocycles. The molecule has 0 saturated heterocycles.